The first kappa shape index (κ1) is 15.1. The molecular formula is C18H22ClN. The second-order valence-corrected chi connectivity index (χ2v) is 5.72. The molecule has 20 heavy (non-hydrogen) atoms. The Morgan fingerprint density at radius 3 is 2.40 bits per heavy atom. The van der Waals surface area contributed by atoms with Gasteiger partial charge in [-0.2, -0.15) is 0 Å². The van der Waals surface area contributed by atoms with Crippen molar-refractivity contribution in [3.63, 3.8) is 0 Å². The van der Waals surface area contributed by atoms with Crippen LogP contribution in [0.3, 0.4) is 0 Å². The Balaban J connectivity index is 2.25. The summed E-state index contributed by atoms with van der Waals surface area (Å²) in [5.74, 6) is 0. The molecule has 0 saturated heterocycles. The summed E-state index contributed by atoms with van der Waals surface area (Å²) in [5, 5.41) is 4.22. The van der Waals surface area contributed by atoms with Crippen LogP contribution < -0.4 is 5.32 Å². The van der Waals surface area contributed by atoms with E-state index in [1.807, 2.05) is 0 Å². The summed E-state index contributed by atoms with van der Waals surface area (Å²) in [7, 11) is 0. The minimum Gasteiger partial charge on any atom is -0.313 e. The monoisotopic (exact) mass is 287 g/mol. The third-order valence-electron chi connectivity index (χ3n) is 3.46. The normalized spacial score (nSPS) is 10.8. The quantitative estimate of drug-likeness (QED) is 0.752. The summed E-state index contributed by atoms with van der Waals surface area (Å²) in [6.07, 6.45) is 1.15. The first-order chi connectivity index (χ1) is 9.61. The molecule has 2 aromatic rings. The number of rotatable bonds is 5. The molecule has 106 valence electrons. The summed E-state index contributed by atoms with van der Waals surface area (Å²) in [4.78, 5) is 0. The van der Waals surface area contributed by atoms with Gasteiger partial charge in [0.15, 0.2) is 0 Å². The molecule has 0 spiro atoms. The third-order valence-corrected chi connectivity index (χ3v) is 3.77. The van der Waals surface area contributed by atoms with Gasteiger partial charge in [0, 0.05) is 17.1 Å². The number of nitrogens with one attached hydrogen (secondary N) is 1. The van der Waals surface area contributed by atoms with Crippen molar-refractivity contribution >= 4 is 11.6 Å². The van der Waals surface area contributed by atoms with E-state index < -0.39 is 0 Å². The van der Waals surface area contributed by atoms with Crippen molar-refractivity contribution in [3.8, 4) is 11.1 Å². The minimum atomic E-state index is 0.827. The zero-order valence-electron chi connectivity index (χ0n) is 12.5. The maximum absolute atomic E-state index is 6.46. The van der Waals surface area contributed by atoms with Gasteiger partial charge in [-0.1, -0.05) is 54.4 Å². The number of benzene rings is 2. The summed E-state index contributed by atoms with van der Waals surface area (Å²) < 4.78 is 0. The predicted octanol–water partition coefficient (Wildman–Crippen LogP) is 5.12. The van der Waals surface area contributed by atoms with Crippen LogP contribution >= 0.6 is 11.6 Å². The number of hydrogen-bond acceptors (Lipinski definition) is 1. The molecule has 2 heteroatoms. The van der Waals surface area contributed by atoms with Crippen LogP contribution in [0, 0.1) is 13.8 Å². The lowest BCUT2D eigenvalue weighted by Gasteiger charge is -2.11. The lowest BCUT2D eigenvalue weighted by atomic mass is 9.98. The fraction of sp³-hybridized carbons (Fsp3) is 0.333. The fourth-order valence-corrected chi connectivity index (χ4v) is 2.72. The topological polar surface area (TPSA) is 12.0 Å². The van der Waals surface area contributed by atoms with Gasteiger partial charge in [0.25, 0.3) is 0 Å². The standard InChI is InChI=1S/C18H22ClN/c1-4-9-20-12-15-6-8-17(18(19)11-15)16-7-5-13(2)10-14(16)3/h5-8,10-11,20H,4,9,12H2,1-3H3. The molecule has 2 rings (SSSR count). The van der Waals surface area contributed by atoms with E-state index in [0.29, 0.717) is 0 Å². The molecule has 0 saturated carbocycles. The van der Waals surface area contributed by atoms with Crippen LogP contribution in [0.4, 0.5) is 0 Å². The molecule has 0 heterocycles. The van der Waals surface area contributed by atoms with Crippen LogP contribution in [0.2, 0.25) is 5.02 Å². The van der Waals surface area contributed by atoms with Gasteiger partial charge >= 0.3 is 0 Å². The Hall–Kier alpha value is -1.31. The van der Waals surface area contributed by atoms with Crippen molar-refractivity contribution < 1.29 is 0 Å². The highest BCUT2D eigenvalue weighted by Gasteiger charge is 2.07. The van der Waals surface area contributed by atoms with Crippen molar-refractivity contribution in [3.05, 3.63) is 58.1 Å². The van der Waals surface area contributed by atoms with Gasteiger partial charge in [-0.3, -0.25) is 0 Å². The van der Waals surface area contributed by atoms with Crippen LogP contribution in [-0.4, -0.2) is 6.54 Å². The maximum atomic E-state index is 6.46. The third kappa shape index (κ3) is 3.62. The summed E-state index contributed by atoms with van der Waals surface area (Å²) in [6.45, 7) is 8.33. The molecule has 0 atom stereocenters. The molecule has 0 radical (unpaired) electrons. The van der Waals surface area contributed by atoms with Crippen molar-refractivity contribution in [2.45, 2.75) is 33.7 Å². The van der Waals surface area contributed by atoms with Gasteiger partial charge in [-0.25, -0.2) is 0 Å². The number of aryl methyl sites for hydroxylation is 2. The molecule has 0 unspecified atom stereocenters. The molecule has 0 aliphatic rings. The second kappa shape index (κ2) is 6.92. The Kier molecular flexibility index (Phi) is 5.22. The summed E-state index contributed by atoms with van der Waals surface area (Å²) in [6, 6.07) is 12.8. The van der Waals surface area contributed by atoms with E-state index in [-0.39, 0.29) is 0 Å². The summed E-state index contributed by atoms with van der Waals surface area (Å²) in [5.41, 5.74) is 6.11. The van der Waals surface area contributed by atoms with E-state index in [4.69, 9.17) is 11.6 Å². The van der Waals surface area contributed by atoms with E-state index >= 15 is 0 Å². The maximum Gasteiger partial charge on any atom is 0.0487 e. The molecule has 0 aliphatic heterocycles. The Morgan fingerprint density at radius 2 is 1.75 bits per heavy atom. The predicted molar refractivity (Wildman–Crippen MR) is 88.4 cm³/mol. The number of hydrogen-bond donors (Lipinski definition) is 1. The fourth-order valence-electron chi connectivity index (χ4n) is 2.41. The highest BCUT2D eigenvalue weighted by atomic mass is 35.5. The average Bonchev–Trinajstić information content (AvgIpc) is 2.40. The zero-order chi connectivity index (χ0) is 14.5. The second-order valence-electron chi connectivity index (χ2n) is 5.31. The molecule has 2 aromatic carbocycles. The Morgan fingerprint density at radius 1 is 1.00 bits per heavy atom. The Bertz CT molecular complexity index is 590. The van der Waals surface area contributed by atoms with Crippen LogP contribution in [0.25, 0.3) is 11.1 Å². The summed E-state index contributed by atoms with van der Waals surface area (Å²) >= 11 is 6.46. The smallest absolute Gasteiger partial charge is 0.0487 e. The molecular weight excluding hydrogens is 266 g/mol. The SMILES string of the molecule is CCCNCc1ccc(-c2ccc(C)cc2C)c(Cl)c1. The zero-order valence-corrected chi connectivity index (χ0v) is 13.2. The lowest BCUT2D eigenvalue weighted by molar-refractivity contribution is 0.675. The number of halogens is 1. The van der Waals surface area contributed by atoms with Crippen molar-refractivity contribution in [2.24, 2.45) is 0 Å². The van der Waals surface area contributed by atoms with E-state index in [1.54, 1.807) is 0 Å². The van der Waals surface area contributed by atoms with E-state index in [9.17, 15) is 0 Å². The van der Waals surface area contributed by atoms with Gasteiger partial charge in [-0.15, -0.1) is 0 Å². The Labute approximate surface area is 127 Å². The van der Waals surface area contributed by atoms with Gasteiger partial charge in [0.05, 0.1) is 0 Å². The first-order valence-electron chi connectivity index (χ1n) is 7.18. The molecule has 0 aliphatic carbocycles. The van der Waals surface area contributed by atoms with Crippen molar-refractivity contribution in [1.29, 1.82) is 0 Å². The van der Waals surface area contributed by atoms with Crippen LogP contribution in [0.1, 0.15) is 30.0 Å². The van der Waals surface area contributed by atoms with Crippen molar-refractivity contribution in [1.82, 2.24) is 5.32 Å². The highest BCUT2D eigenvalue weighted by Crippen LogP contribution is 2.31. The van der Waals surface area contributed by atoms with Crippen molar-refractivity contribution in [2.75, 3.05) is 6.54 Å². The highest BCUT2D eigenvalue weighted by molar-refractivity contribution is 6.33. The molecule has 0 bridgehead atoms. The molecule has 0 aromatic heterocycles. The van der Waals surface area contributed by atoms with E-state index in [1.165, 1.54) is 22.3 Å². The first-order valence-corrected chi connectivity index (χ1v) is 7.56. The van der Waals surface area contributed by atoms with Crippen LogP contribution in [-0.2, 0) is 6.54 Å². The van der Waals surface area contributed by atoms with Gasteiger partial charge in [-0.05, 0) is 49.6 Å². The van der Waals surface area contributed by atoms with Gasteiger partial charge in [0.2, 0.25) is 0 Å². The molecule has 1 N–H and O–H groups in total. The minimum absolute atomic E-state index is 0.827. The molecule has 0 amide bonds. The van der Waals surface area contributed by atoms with Crippen LogP contribution in [0.15, 0.2) is 36.4 Å². The molecule has 0 fully saturated rings. The van der Waals surface area contributed by atoms with E-state index in [2.05, 4.69) is 62.5 Å². The molecule has 1 nitrogen and oxygen atoms in total. The van der Waals surface area contributed by atoms with Gasteiger partial charge < -0.3 is 5.32 Å². The average molecular weight is 288 g/mol. The van der Waals surface area contributed by atoms with Crippen LogP contribution in [0.5, 0.6) is 0 Å². The largest absolute Gasteiger partial charge is 0.313 e. The van der Waals surface area contributed by atoms with E-state index in [0.717, 1.165) is 30.1 Å². The lowest BCUT2D eigenvalue weighted by Crippen LogP contribution is -2.13. The van der Waals surface area contributed by atoms with Gasteiger partial charge in [0.1, 0.15) is 0 Å².